The lowest BCUT2D eigenvalue weighted by molar-refractivity contribution is 0.0378. The van der Waals surface area contributed by atoms with E-state index in [1.807, 2.05) is 0 Å². The molecule has 3 aliphatic rings. The molecule has 0 spiro atoms. The van der Waals surface area contributed by atoms with E-state index in [2.05, 4.69) is 34.1 Å². The van der Waals surface area contributed by atoms with Crippen molar-refractivity contribution in [3.63, 3.8) is 0 Å². The molecule has 0 bridgehead atoms. The average Bonchev–Trinajstić information content (AvgIpc) is 3.30. The van der Waals surface area contributed by atoms with Crippen LogP contribution in [-0.4, -0.2) is 53.3 Å². The maximum absolute atomic E-state index is 11.3. The highest BCUT2D eigenvalue weighted by Gasteiger charge is 2.61. The molecular formula is C22H25N3O3. The molecule has 2 aromatic rings. The second-order valence-corrected chi connectivity index (χ2v) is 8.37. The number of nitrogens with two attached hydrogens (primary N) is 1. The van der Waals surface area contributed by atoms with E-state index in [0.29, 0.717) is 11.5 Å². The van der Waals surface area contributed by atoms with Crippen LogP contribution in [0.25, 0.3) is 11.1 Å². The minimum Gasteiger partial charge on any atom is -0.478 e. The Morgan fingerprint density at radius 3 is 2.68 bits per heavy atom. The summed E-state index contributed by atoms with van der Waals surface area (Å²) >= 11 is 0. The Morgan fingerprint density at radius 1 is 1.21 bits per heavy atom. The fraction of sp³-hybridized carbons (Fsp3) is 0.455. The van der Waals surface area contributed by atoms with Gasteiger partial charge in [-0.1, -0.05) is 24.3 Å². The first kappa shape index (κ1) is 17.6. The van der Waals surface area contributed by atoms with Crippen LogP contribution >= 0.6 is 0 Å². The van der Waals surface area contributed by atoms with E-state index in [1.54, 1.807) is 12.3 Å². The second-order valence-electron chi connectivity index (χ2n) is 8.37. The number of nitrogens with zero attached hydrogens (tertiary/aromatic N) is 2. The van der Waals surface area contributed by atoms with Gasteiger partial charge in [-0.25, -0.2) is 9.78 Å². The van der Waals surface area contributed by atoms with Gasteiger partial charge >= 0.3 is 5.97 Å². The summed E-state index contributed by atoms with van der Waals surface area (Å²) in [5.41, 5.74) is 9.16. The number of benzene rings is 1. The van der Waals surface area contributed by atoms with E-state index in [0.717, 1.165) is 49.6 Å². The van der Waals surface area contributed by atoms with Gasteiger partial charge < -0.3 is 15.6 Å². The number of carboxylic acids is 1. The number of pyridine rings is 1. The van der Waals surface area contributed by atoms with E-state index < -0.39 is 5.97 Å². The lowest BCUT2D eigenvalue weighted by Gasteiger charge is -2.33. The van der Waals surface area contributed by atoms with Gasteiger partial charge in [-0.3, -0.25) is 4.90 Å². The fourth-order valence-corrected chi connectivity index (χ4v) is 5.10. The molecule has 28 heavy (non-hydrogen) atoms. The van der Waals surface area contributed by atoms with Crippen LogP contribution in [0.4, 0.5) is 5.82 Å². The molecule has 6 heteroatoms. The molecule has 3 fully saturated rings. The van der Waals surface area contributed by atoms with Gasteiger partial charge in [0, 0.05) is 49.5 Å². The van der Waals surface area contributed by atoms with Crippen molar-refractivity contribution in [2.24, 2.45) is 5.92 Å². The quantitative estimate of drug-likeness (QED) is 0.849. The molecule has 2 saturated heterocycles. The van der Waals surface area contributed by atoms with Crippen LogP contribution in [0.2, 0.25) is 0 Å². The Hall–Kier alpha value is -2.44. The summed E-state index contributed by atoms with van der Waals surface area (Å²) in [5, 5.41) is 9.26. The number of anilines is 1. The van der Waals surface area contributed by atoms with Crippen molar-refractivity contribution in [2.75, 3.05) is 32.0 Å². The number of carbonyl (C=O) groups is 1. The number of piperidine rings is 1. The summed E-state index contributed by atoms with van der Waals surface area (Å²) in [6.45, 7) is 4.13. The first-order chi connectivity index (χ1) is 13.6. The molecule has 1 saturated carbocycles. The van der Waals surface area contributed by atoms with E-state index in [1.165, 1.54) is 18.5 Å². The summed E-state index contributed by atoms with van der Waals surface area (Å²) in [7, 11) is 0. The normalized spacial score (nSPS) is 27.5. The minimum atomic E-state index is -1.05. The van der Waals surface area contributed by atoms with Crippen LogP contribution in [0.1, 0.15) is 35.2 Å². The first-order valence-electron chi connectivity index (χ1n) is 9.98. The summed E-state index contributed by atoms with van der Waals surface area (Å²) in [4.78, 5) is 18.0. The van der Waals surface area contributed by atoms with Crippen LogP contribution < -0.4 is 5.73 Å². The molecule has 0 amide bonds. The van der Waals surface area contributed by atoms with Gasteiger partial charge in [-0.15, -0.1) is 0 Å². The predicted octanol–water partition coefficient (Wildman–Crippen LogP) is 2.78. The lowest BCUT2D eigenvalue weighted by atomic mass is 9.92. The Morgan fingerprint density at radius 2 is 1.96 bits per heavy atom. The zero-order valence-corrected chi connectivity index (χ0v) is 15.8. The standard InChI is InChI=1S/C22H25N3O3/c23-20-19(21(26)27)9-15(11-24-20)14-1-3-16(4-2-14)22-10-17(22)12-25(13-22)18-5-7-28-8-6-18/h1-4,9,11,17-18H,5-8,10,12-13H2,(H2,23,24)(H,26,27)/t17-,22+/m0/s1. The number of fused-ring (bicyclic) bond motifs is 1. The van der Waals surface area contributed by atoms with Gasteiger partial charge in [0.2, 0.25) is 0 Å². The van der Waals surface area contributed by atoms with Crippen LogP contribution in [-0.2, 0) is 10.2 Å². The molecule has 2 aliphatic heterocycles. The second kappa shape index (κ2) is 6.57. The molecule has 0 radical (unpaired) electrons. The predicted molar refractivity (Wildman–Crippen MR) is 106 cm³/mol. The van der Waals surface area contributed by atoms with Crippen molar-refractivity contribution in [2.45, 2.75) is 30.7 Å². The summed E-state index contributed by atoms with van der Waals surface area (Å²) in [6, 6.07) is 10.8. The molecule has 3 heterocycles. The van der Waals surface area contributed by atoms with Crippen molar-refractivity contribution in [1.82, 2.24) is 9.88 Å². The molecule has 1 aromatic heterocycles. The number of hydrogen-bond acceptors (Lipinski definition) is 5. The fourth-order valence-electron chi connectivity index (χ4n) is 5.10. The molecule has 5 rings (SSSR count). The number of likely N-dealkylation sites (tertiary alicyclic amines) is 1. The number of rotatable bonds is 4. The number of aromatic nitrogens is 1. The van der Waals surface area contributed by atoms with Crippen LogP contribution in [0.5, 0.6) is 0 Å². The Balaban J connectivity index is 1.35. The molecule has 6 nitrogen and oxygen atoms in total. The summed E-state index contributed by atoms with van der Waals surface area (Å²) in [5.74, 6) is -0.243. The van der Waals surface area contributed by atoms with Crippen molar-refractivity contribution in [1.29, 1.82) is 0 Å². The highest BCUT2D eigenvalue weighted by molar-refractivity contribution is 5.94. The van der Waals surface area contributed by atoms with Crippen molar-refractivity contribution < 1.29 is 14.6 Å². The number of aromatic carboxylic acids is 1. The summed E-state index contributed by atoms with van der Waals surface area (Å²) in [6.07, 6.45) is 5.21. The highest BCUT2D eigenvalue weighted by atomic mass is 16.5. The van der Waals surface area contributed by atoms with E-state index in [9.17, 15) is 9.90 Å². The third kappa shape index (κ3) is 2.88. The number of hydrogen-bond donors (Lipinski definition) is 2. The van der Waals surface area contributed by atoms with Gasteiger partial charge in [0.05, 0.1) is 0 Å². The third-order valence-electron chi connectivity index (χ3n) is 6.82. The van der Waals surface area contributed by atoms with Gasteiger partial charge in [-0.05, 0) is 42.4 Å². The smallest absolute Gasteiger partial charge is 0.339 e. The maximum atomic E-state index is 11.3. The molecule has 1 aromatic carbocycles. The Labute approximate surface area is 164 Å². The zero-order chi connectivity index (χ0) is 19.3. The first-order valence-corrected chi connectivity index (χ1v) is 9.98. The van der Waals surface area contributed by atoms with Crippen molar-refractivity contribution in [3.05, 3.63) is 47.7 Å². The minimum absolute atomic E-state index is 0.0466. The SMILES string of the molecule is Nc1ncc(-c2ccc([C@]34C[C@H]3CN(C3CCOCC3)C4)cc2)cc1C(=O)O. The number of ether oxygens (including phenoxy) is 1. The zero-order valence-electron chi connectivity index (χ0n) is 15.8. The molecule has 146 valence electrons. The van der Waals surface area contributed by atoms with E-state index >= 15 is 0 Å². The molecule has 1 aliphatic carbocycles. The lowest BCUT2D eigenvalue weighted by Crippen LogP contribution is -2.40. The number of carboxylic acid groups (broad SMARTS) is 1. The molecular weight excluding hydrogens is 354 g/mol. The Kier molecular flexibility index (Phi) is 4.14. The molecule has 0 unspecified atom stereocenters. The monoisotopic (exact) mass is 379 g/mol. The summed E-state index contributed by atoms with van der Waals surface area (Å²) < 4.78 is 5.52. The van der Waals surface area contributed by atoms with Gasteiger partial charge in [0.15, 0.2) is 0 Å². The highest BCUT2D eigenvalue weighted by Crippen LogP contribution is 2.59. The van der Waals surface area contributed by atoms with Crippen molar-refractivity contribution in [3.8, 4) is 11.1 Å². The van der Waals surface area contributed by atoms with Gasteiger partial charge in [0.25, 0.3) is 0 Å². The largest absolute Gasteiger partial charge is 0.478 e. The van der Waals surface area contributed by atoms with E-state index in [-0.39, 0.29) is 11.4 Å². The average molecular weight is 379 g/mol. The Bertz CT molecular complexity index is 908. The molecule has 3 N–H and O–H groups in total. The van der Waals surface area contributed by atoms with Gasteiger partial charge in [0.1, 0.15) is 11.4 Å². The molecule has 2 atom stereocenters. The number of nitrogen functional groups attached to an aromatic ring is 1. The third-order valence-corrected chi connectivity index (χ3v) is 6.82. The van der Waals surface area contributed by atoms with Crippen LogP contribution in [0.3, 0.4) is 0 Å². The topological polar surface area (TPSA) is 88.7 Å². The van der Waals surface area contributed by atoms with Gasteiger partial charge in [-0.2, -0.15) is 0 Å². The van der Waals surface area contributed by atoms with Crippen LogP contribution in [0.15, 0.2) is 36.5 Å². The van der Waals surface area contributed by atoms with Crippen LogP contribution in [0, 0.1) is 5.92 Å². The maximum Gasteiger partial charge on any atom is 0.339 e. The van der Waals surface area contributed by atoms with Crippen molar-refractivity contribution >= 4 is 11.8 Å². The van der Waals surface area contributed by atoms with E-state index in [4.69, 9.17) is 10.5 Å².